The average Bonchev–Trinajstić information content (AvgIpc) is 3.34. The summed E-state index contributed by atoms with van der Waals surface area (Å²) in [7, 11) is -2.50. The SMILES string of the molecule is CNS(=O)(=O)c1ccccc1-c1nc(-c2nnc(Cc3ccc(F)cc3)o2)c(O)c2ncccc12. The summed E-state index contributed by atoms with van der Waals surface area (Å²) in [4.78, 5) is 8.83. The van der Waals surface area contributed by atoms with Crippen LogP contribution in [0.1, 0.15) is 11.5 Å². The Morgan fingerprint density at radius 1 is 1.00 bits per heavy atom. The molecule has 0 aliphatic heterocycles. The van der Waals surface area contributed by atoms with Gasteiger partial charge in [-0.3, -0.25) is 4.98 Å². The van der Waals surface area contributed by atoms with Gasteiger partial charge in [-0.15, -0.1) is 10.2 Å². The minimum Gasteiger partial charge on any atom is -0.504 e. The van der Waals surface area contributed by atoms with Gasteiger partial charge in [0.15, 0.2) is 11.4 Å². The van der Waals surface area contributed by atoms with E-state index in [0.29, 0.717) is 10.9 Å². The van der Waals surface area contributed by atoms with Gasteiger partial charge in [0.05, 0.1) is 17.0 Å². The fourth-order valence-electron chi connectivity index (χ4n) is 3.68. The van der Waals surface area contributed by atoms with Gasteiger partial charge in [0.1, 0.15) is 11.3 Å². The van der Waals surface area contributed by atoms with E-state index in [1.54, 1.807) is 42.5 Å². The number of hydrogen-bond acceptors (Lipinski definition) is 8. The molecule has 0 unspecified atom stereocenters. The summed E-state index contributed by atoms with van der Waals surface area (Å²) in [5.74, 6) is -0.475. The topological polar surface area (TPSA) is 131 Å². The molecule has 3 aromatic heterocycles. The van der Waals surface area contributed by atoms with Crippen molar-refractivity contribution in [3.63, 3.8) is 0 Å². The van der Waals surface area contributed by atoms with Gasteiger partial charge in [-0.2, -0.15) is 0 Å². The predicted molar refractivity (Wildman–Crippen MR) is 125 cm³/mol. The van der Waals surface area contributed by atoms with Crippen molar-refractivity contribution < 1.29 is 22.3 Å². The van der Waals surface area contributed by atoms with Crippen LogP contribution in [0.15, 0.2) is 76.2 Å². The maximum absolute atomic E-state index is 13.2. The molecule has 5 rings (SSSR count). The molecule has 0 saturated heterocycles. The van der Waals surface area contributed by atoms with Crippen molar-refractivity contribution in [1.29, 1.82) is 0 Å². The first-order valence-electron chi connectivity index (χ1n) is 10.4. The molecule has 0 aliphatic rings. The summed E-state index contributed by atoms with van der Waals surface area (Å²) < 4.78 is 46.6. The number of aromatic hydroxyl groups is 1. The molecule has 11 heteroatoms. The van der Waals surface area contributed by atoms with Crippen LogP contribution in [0.25, 0.3) is 33.7 Å². The van der Waals surface area contributed by atoms with E-state index in [4.69, 9.17) is 4.42 Å². The minimum absolute atomic E-state index is 0.0133. The third-order valence-corrected chi connectivity index (χ3v) is 6.85. The zero-order chi connectivity index (χ0) is 24.6. The first-order chi connectivity index (χ1) is 16.9. The molecular formula is C24H18FN5O4S. The van der Waals surface area contributed by atoms with Gasteiger partial charge >= 0.3 is 0 Å². The van der Waals surface area contributed by atoms with Crippen LogP contribution in [0.3, 0.4) is 0 Å². The maximum atomic E-state index is 13.2. The molecule has 3 heterocycles. The van der Waals surface area contributed by atoms with Gasteiger partial charge < -0.3 is 9.52 Å². The van der Waals surface area contributed by atoms with Crippen LogP contribution in [0, 0.1) is 5.82 Å². The van der Waals surface area contributed by atoms with Crippen LogP contribution in [0.5, 0.6) is 5.75 Å². The Balaban J connectivity index is 1.67. The van der Waals surface area contributed by atoms with Crippen molar-refractivity contribution in [2.45, 2.75) is 11.3 Å². The van der Waals surface area contributed by atoms with Crippen LogP contribution in [-0.4, -0.2) is 40.7 Å². The van der Waals surface area contributed by atoms with Crippen molar-refractivity contribution in [1.82, 2.24) is 24.9 Å². The van der Waals surface area contributed by atoms with E-state index >= 15 is 0 Å². The van der Waals surface area contributed by atoms with E-state index in [2.05, 4.69) is 24.9 Å². The second kappa shape index (κ2) is 8.85. The molecule has 0 saturated carbocycles. The highest BCUT2D eigenvalue weighted by molar-refractivity contribution is 7.89. The highest BCUT2D eigenvalue weighted by Gasteiger charge is 2.25. The van der Waals surface area contributed by atoms with Crippen LogP contribution in [0.4, 0.5) is 4.39 Å². The zero-order valence-electron chi connectivity index (χ0n) is 18.3. The van der Waals surface area contributed by atoms with E-state index in [1.807, 2.05) is 0 Å². The molecule has 2 aromatic carbocycles. The number of nitrogens with one attached hydrogen (secondary N) is 1. The first kappa shape index (κ1) is 22.6. The summed E-state index contributed by atoms with van der Waals surface area (Å²) in [5.41, 5.74) is 1.50. The van der Waals surface area contributed by atoms with Crippen LogP contribution in [-0.2, 0) is 16.4 Å². The van der Waals surface area contributed by atoms with Gasteiger partial charge in [0.25, 0.3) is 5.89 Å². The van der Waals surface area contributed by atoms with Gasteiger partial charge in [0.2, 0.25) is 15.9 Å². The lowest BCUT2D eigenvalue weighted by molar-refractivity contribution is 0.471. The quantitative estimate of drug-likeness (QED) is 0.368. The molecule has 0 aliphatic carbocycles. The fourth-order valence-corrected chi connectivity index (χ4v) is 4.61. The van der Waals surface area contributed by atoms with E-state index in [1.165, 1.54) is 31.4 Å². The second-order valence-electron chi connectivity index (χ2n) is 7.57. The molecule has 0 amide bonds. The second-order valence-corrected chi connectivity index (χ2v) is 9.42. The lowest BCUT2D eigenvalue weighted by atomic mass is 10.0. The fraction of sp³-hybridized carbons (Fsp3) is 0.0833. The van der Waals surface area contributed by atoms with E-state index in [0.717, 1.165) is 5.56 Å². The number of rotatable bonds is 6. The number of fused-ring (bicyclic) bond motifs is 1. The van der Waals surface area contributed by atoms with E-state index in [9.17, 15) is 17.9 Å². The third-order valence-electron chi connectivity index (χ3n) is 5.37. The largest absolute Gasteiger partial charge is 0.504 e. The smallest absolute Gasteiger partial charge is 0.270 e. The highest BCUT2D eigenvalue weighted by atomic mass is 32.2. The molecule has 0 radical (unpaired) electrons. The number of halogens is 1. The van der Waals surface area contributed by atoms with Crippen LogP contribution < -0.4 is 4.72 Å². The minimum atomic E-state index is -3.82. The summed E-state index contributed by atoms with van der Waals surface area (Å²) in [6.07, 6.45) is 1.75. The van der Waals surface area contributed by atoms with Crippen molar-refractivity contribution >= 4 is 20.9 Å². The summed E-state index contributed by atoms with van der Waals surface area (Å²) in [6.45, 7) is 0. The van der Waals surface area contributed by atoms with Crippen molar-refractivity contribution in [2.75, 3.05) is 7.05 Å². The van der Waals surface area contributed by atoms with Crippen molar-refractivity contribution in [2.24, 2.45) is 0 Å². The number of hydrogen-bond donors (Lipinski definition) is 2. The highest BCUT2D eigenvalue weighted by Crippen LogP contribution is 2.39. The molecule has 2 N–H and O–H groups in total. The van der Waals surface area contributed by atoms with E-state index < -0.39 is 10.0 Å². The zero-order valence-corrected chi connectivity index (χ0v) is 19.1. The molecule has 0 atom stereocenters. The van der Waals surface area contributed by atoms with Gasteiger partial charge in [-0.05, 0) is 42.9 Å². The average molecular weight is 492 g/mol. The Hall–Kier alpha value is -4.22. The number of nitrogens with zero attached hydrogens (tertiary/aromatic N) is 4. The predicted octanol–water partition coefficient (Wildman–Crippen LogP) is 3.69. The summed E-state index contributed by atoms with van der Waals surface area (Å²) >= 11 is 0. The van der Waals surface area contributed by atoms with E-state index in [-0.39, 0.29) is 51.6 Å². The molecule has 9 nitrogen and oxygen atoms in total. The Labute approximate surface area is 199 Å². The molecule has 0 spiro atoms. The Morgan fingerprint density at radius 3 is 2.54 bits per heavy atom. The Bertz CT molecular complexity index is 1650. The Kier molecular flexibility index (Phi) is 5.71. The molecule has 5 aromatic rings. The third kappa shape index (κ3) is 4.22. The normalized spacial score (nSPS) is 11.7. The van der Waals surface area contributed by atoms with Crippen molar-refractivity contribution in [3.8, 4) is 28.6 Å². The Morgan fingerprint density at radius 2 is 1.77 bits per heavy atom. The lowest BCUT2D eigenvalue weighted by Crippen LogP contribution is -2.19. The number of aromatic nitrogens is 4. The van der Waals surface area contributed by atoms with Gasteiger partial charge in [0, 0.05) is 17.1 Å². The molecular weight excluding hydrogens is 473 g/mol. The van der Waals surface area contributed by atoms with Crippen LogP contribution >= 0.6 is 0 Å². The monoisotopic (exact) mass is 491 g/mol. The van der Waals surface area contributed by atoms with Gasteiger partial charge in [-0.1, -0.05) is 30.3 Å². The summed E-state index contributed by atoms with van der Waals surface area (Å²) in [6, 6.07) is 15.6. The molecule has 176 valence electrons. The summed E-state index contributed by atoms with van der Waals surface area (Å²) in [5, 5.41) is 19.4. The number of pyridine rings is 2. The maximum Gasteiger partial charge on any atom is 0.270 e. The molecule has 0 fully saturated rings. The first-order valence-corrected chi connectivity index (χ1v) is 11.9. The number of benzene rings is 2. The standard InChI is InChI=1S/C24H18FN5O4S/c1-26-35(32,33)18-7-3-2-5-16(18)20-17-6-4-12-27-21(17)23(31)22(28-20)24-30-29-19(34-24)13-14-8-10-15(25)11-9-14/h2-12,26,31H,13H2,1H3. The molecule has 0 bridgehead atoms. The number of sulfonamides is 1. The van der Waals surface area contributed by atoms with Gasteiger partial charge in [-0.25, -0.2) is 22.5 Å². The molecule has 35 heavy (non-hydrogen) atoms. The lowest BCUT2D eigenvalue weighted by Gasteiger charge is -2.13. The van der Waals surface area contributed by atoms with Crippen molar-refractivity contribution in [3.05, 3.63) is 84.1 Å². The van der Waals surface area contributed by atoms with Crippen LogP contribution in [0.2, 0.25) is 0 Å².